The fourth-order valence-electron chi connectivity index (χ4n) is 1.34. The van der Waals surface area contributed by atoms with Gasteiger partial charge < -0.3 is 10.5 Å². The van der Waals surface area contributed by atoms with Crippen LogP contribution >= 0.6 is 0 Å². The zero-order valence-electron chi connectivity index (χ0n) is 9.53. The summed E-state index contributed by atoms with van der Waals surface area (Å²) in [6, 6.07) is 5.92. The Morgan fingerprint density at radius 3 is 2.83 bits per heavy atom. The minimum atomic E-state index is -0.576. The van der Waals surface area contributed by atoms with Crippen molar-refractivity contribution in [2.24, 2.45) is 0 Å². The molecule has 0 fully saturated rings. The van der Waals surface area contributed by atoms with E-state index >= 15 is 0 Å². The van der Waals surface area contributed by atoms with E-state index in [0.717, 1.165) is 0 Å². The smallest absolute Gasteiger partial charge is 0.331 e. The molecule has 0 aliphatic rings. The highest BCUT2D eigenvalue weighted by Crippen LogP contribution is 2.30. The number of anilines is 1. The highest BCUT2D eigenvalue weighted by Gasteiger charge is 2.18. The molecule has 0 aromatic carbocycles. The number of hydrogen-bond acceptors (Lipinski definition) is 6. The second-order valence-corrected chi connectivity index (χ2v) is 3.51. The number of pyridine rings is 2. The van der Waals surface area contributed by atoms with Gasteiger partial charge in [-0.05, 0) is 25.1 Å². The molecule has 0 radical (unpaired) electrons. The highest BCUT2D eigenvalue weighted by atomic mass is 16.6. The minimum Gasteiger partial charge on any atom is -0.432 e. The Bertz CT molecular complexity index is 601. The van der Waals surface area contributed by atoms with Crippen molar-refractivity contribution in [2.45, 2.75) is 6.92 Å². The topological polar surface area (TPSA) is 104 Å². The van der Waals surface area contributed by atoms with E-state index in [2.05, 4.69) is 9.97 Å². The molecule has 0 saturated carbocycles. The van der Waals surface area contributed by atoms with Crippen LogP contribution in [0.1, 0.15) is 5.69 Å². The van der Waals surface area contributed by atoms with E-state index in [4.69, 9.17) is 10.5 Å². The predicted octanol–water partition coefficient (Wildman–Crippen LogP) is 2.07. The van der Waals surface area contributed by atoms with E-state index in [1.165, 1.54) is 12.1 Å². The Kier molecular flexibility index (Phi) is 3.05. The molecule has 0 bridgehead atoms. The first kappa shape index (κ1) is 11.8. The van der Waals surface area contributed by atoms with Crippen LogP contribution in [0.4, 0.5) is 11.5 Å². The molecule has 7 heteroatoms. The quantitative estimate of drug-likeness (QED) is 0.656. The van der Waals surface area contributed by atoms with E-state index in [-0.39, 0.29) is 17.4 Å². The third-order valence-corrected chi connectivity index (χ3v) is 2.22. The largest absolute Gasteiger partial charge is 0.432 e. The molecular weight excluding hydrogens is 236 g/mol. The maximum atomic E-state index is 10.8. The summed E-state index contributed by atoms with van der Waals surface area (Å²) in [7, 11) is 0. The van der Waals surface area contributed by atoms with Gasteiger partial charge in [0.05, 0.1) is 10.6 Å². The third kappa shape index (κ3) is 2.34. The Hall–Kier alpha value is -2.70. The predicted molar refractivity (Wildman–Crippen MR) is 64.4 cm³/mol. The van der Waals surface area contributed by atoms with Gasteiger partial charge in [0.2, 0.25) is 0 Å². The summed E-state index contributed by atoms with van der Waals surface area (Å²) in [6.45, 7) is 1.73. The van der Waals surface area contributed by atoms with Crippen molar-refractivity contribution in [3.05, 3.63) is 46.3 Å². The van der Waals surface area contributed by atoms with Crippen LogP contribution in [-0.4, -0.2) is 14.9 Å². The van der Waals surface area contributed by atoms with Crippen LogP contribution in [0.2, 0.25) is 0 Å². The van der Waals surface area contributed by atoms with Crippen LogP contribution in [0.3, 0.4) is 0 Å². The van der Waals surface area contributed by atoms with Gasteiger partial charge in [0, 0.05) is 12.3 Å². The second kappa shape index (κ2) is 4.66. The molecule has 0 saturated heterocycles. The normalized spacial score (nSPS) is 10.1. The highest BCUT2D eigenvalue weighted by molar-refractivity contribution is 5.48. The lowest BCUT2D eigenvalue weighted by Gasteiger charge is -2.07. The fraction of sp³-hybridized carbons (Fsp3) is 0.0909. The first-order valence-electron chi connectivity index (χ1n) is 5.08. The molecule has 2 aromatic rings. The minimum absolute atomic E-state index is 0.142. The molecule has 2 heterocycles. The van der Waals surface area contributed by atoms with Crippen molar-refractivity contribution in [1.29, 1.82) is 0 Å². The molecule has 0 aliphatic heterocycles. The summed E-state index contributed by atoms with van der Waals surface area (Å²) in [6.07, 6.45) is 1.60. The molecule has 2 aromatic heterocycles. The Balaban J connectivity index is 2.42. The standard InChI is InChI=1S/C11H10N4O3/c1-7-9(3-2-6-13-7)18-11-8(15(16)17)4-5-10(12)14-11/h2-6H,1H3,(H2,12,14). The van der Waals surface area contributed by atoms with Crippen LogP contribution in [0.25, 0.3) is 0 Å². The SMILES string of the molecule is Cc1ncccc1Oc1nc(N)ccc1[N+](=O)[O-]. The number of ether oxygens (including phenoxy) is 1. The fourth-order valence-corrected chi connectivity index (χ4v) is 1.34. The Morgan fingerprint density at radius 2 is 2.17 bits per heavy atom. The van der Waals surface area contributed by atoms with Crippen molar-refractivity contribution in [2.75, 3.05) is 5.73 Å². The Labute approximate surface area is 102 Å². The van der Waals surface area contributed by atoms with E-state index in [0.29, 0.717) is 11.4 Å². The van der Waals surface area contributed by atoms with Gasteiger partial charge in [-0.15, -0.1) is 0 Å². The Morgan fingerprint density at radius 1 is 1.39 bits per heavy atom. The lowest BCUT2D eigenvalue weighted by atomic mass is 10.3. The van der Waals surface area contributed by atoms with Gasteiger partial charge in [0.15, 0.2) is 5.75 Å². The zero-order chi connectivity index (χ0) is 13.1. The molecule has 7 nitrogen and oxygen atoms in total. The number of nitro groups is 1. The van der Waals surface area contributed by atoms with Crippen LogP contribution in [0.15, 0.2) is 30.5 Å². The monoisotopic (exact) mass is 246 g/mol. The average molecular weight is 246 g/mol. The summed E-state index contributed by atoms with van der Waals surface area (Å²) < 4.78 is 5.39. The molecular formula is C11H10N4O3. The van der Waals surface area contributed by atoms with Crippen LogP contribution in [0.5, 0.6) is 11.6 Å². The number of aromatic nitrogens is 2. The number of hydrogen-bond donors (Lipinski definition) is 1. The van der Waals surface area contributed by atoms with Gasteiger partial charge >= 0.3 is 11.6 Å². The van der Waals surface area contributed by atoms with E-state index in [1.807, 2.05) is 0 Å². The molecule has 0 amide bonds. The van der Waals surface area contributed by atoms with E-state index in [1.54, 1.807) is 25.3 Å². The molecule has 0 unspecified atom stereocenters. The summed E-state index contributed by atoms with van der Waals surface area (Å²) in [4.78, 5) is 18.1. The number of nitrogens with two attached hydrogens (primary N) is 1. The van der Waals surface area contributed by atoms with Crippen molar-refractivity contribution in [3.8, 4) is 11.6 Å². The van der Waals surface area contributed by atoms with Crippen LogP contribution in [-0.2, 0) is 0 Å². The molecule has 2 rings (SSSR count). The summed E-state index contributed by atoms with van der Waals surface area (Å²) >= 11 is 0. The van der Waals surface area contributed by atoms with Crippen LogP contribution in [0, 0.1) is 17.0 Å². The molecule has 18 heavy (non-hydrogen) atoms. The molecule has 92 valence electrons. The maximum Gasteiger partial charge on any atom is 0.331 e. The van der Waals surface area contributed by atoms with Gasteiger partial charge in [-0.3, -0.25) is 15.1 Å². The average Bonchev–Trinajstić information content (AvgIpc) is 2.32. The summed E-state index contributed by atoms with van der Waals surface area (Å²) in [5.74, 6) is 0.409. The van der Waals surface area contributed by atoms with Crippen molar-refractivity contribution < 1.29 is 9.66 Å². The number of nitrogens with zero attached hydrogens (tertiary/aromatic N) is 3. The van der Waals surface area contributed by atoms with Gasteiger partial charge in [-0.2, -0.15) is 4.98 Å². The van der Waals surface area contributed by atoms with E-state index < -0.39 is 4.92 Å². The maximum absolute atomic E-state index is 10.8. The molecule has 2 N–H and O–H groups in total. The summed E-state index contributed by atoms with van der Waals surface area (Å²) in [5.41, 5.74) is 5.85. The molecule has 0 atom stereocenters. The second-order valence-electron chi connectivity index (χ2n) is 3.51. The van der Waals surface area contributed by atoms with E-state index in [9.17, 15) is 10.1 Å². The first-order valence-corrected chi connectivity index (χ1v) is 5.08. The lowest BCUT2D eigenvalue weighted by Crippen LogP contribution is -2.00. The van der Waals surface area contributed by atoms with Crippen LogP contribution < -0.4 is 10.5 Å². The van der Waals surface area contributed by atoms with Gasteiger partial charge in [0.25, 0.3) is 0 Å². The van der Waals surface area contributed by atoms with Gasteiger partial charge in [-0.25, -0.2) is 0 Å². The van der Waals surface area contributed by atoms with Crippen molar-refractivity contribution in [1.82, 2.24) is 9.97 Å². The van der Waals surface area contributed by atoms with Crippen molar-refractivity contribution in [3.63, 3.8) is 0 Å². The number of rotatable bonds is 3. The summed E-state index contributed by atoms with van der Waals surface area (Å²) in [5, 5.41) is 10.8. The third-order valence-electron chi connectivity index (χ3n) is 2.22. The lowest BCUT2D eigenvalue weighted by molar-refractivity contribution is -0.386. The molecule has 0 aliphatic carbocycles. The van der Waals surface area contributed by atoms with Crippen molar-refractivity contribution >= 4 is 11.5 Å². The first-order chi connectivity index (χ1) is 8.58. The number of aryl methyl sites for hydroxylation is 1. The zero-order valence-corrected chi connectivity index (χ0v) is 9.53. The number of nitrogen functional groups attached to an aromatic ring is 1. The van der Waals surface area contributed by atoms with Gasteiger partial charge in [0.1, 0.15) is 5.82 Å². The van der Waals surface area contributed by atoms with Gasteiger partial charge in [-0.1, -0.05) is 0 Å². The molecule has 0 spiro atoms.